The van der Waals surface area contributed by atoms with Crippen LogP contribution in [0.25, 0.3) is 0 Å². The number of nitrogens with zero attached hydrogens (tertiary/aromatic N) is 1. The number of rotatable bonds is 30. The molecule has 2 atom stereocenters. The van der Waals surface area contributed by atoms with Gasteiger partial charge in [-0.3, -0.25) is 14.2 Å². The fourth-order valence-electron chi connectivity index (χ4n) is 4.19. The van der Waals surface area contributed by atoms with Crippen LogP contribution in [0.15, 0.2) is 24.3 Å². The largest absolute Gasteiger partial charge is 0.756 e. The monoisotopic (exact) mass is 645 g/mol. The van der Waals surface area contributed by atoms with Gasteiger partial charge in [-0.1, -0.05) is 95.9 Å². The van der Waals surface area contributed by atoms with Gasteiger partial charge >= 0.3 is 11.9 Å². The van der Waals surface area contributed by atoms with E-state index in [2.05, 4.69) is 31.2 Å². The van der Waals surface area contributed by atoms with E-state index in [4.69, 9.17) is 18.5 Å². The Morgan fingerprint density at radius 1 is 0.705 bits per heavy atom. The zero-order valence-corrected chi connectivity index (χ0v) is 29.5. The number of ether oxygens (including phenoxy) is 2. The maximum absolute atomic E-state index is 12.4. The number of hydrogen-bond acceptors (Lipinski definition) is 8. The summed E-state index contributed by atoms with van der Waals surface area (Å²) in [5, 5.41) is 0. The second kappa shape index (κ2) is 27.8. The highest BCUT2D eigenvalue weighted by molar-refractivity contribution is 7.45. The Balaban J connectivity index is 4.19. The van der Waals surface area contributed by atoms with Crippen molar-refractivity contribution in [2.75, 3.05) is 47.5 Å². The van der Waals surface area contributed by atoms with Gasteiger partial charge in [0.2, 0.25) is 0 Å². The minimum atomic E-state index is -4.60. The van der Waals surface area contributed by atoms with Gasteiger partial charge < -0.3 is 27.9 Å². The van der Waals surface area contributed by atoms with Gasteiger partial charge in [-0.25, -0.2) is 0 Å². The summed E-state index contributed by atoms with van der Waals surface area (Å²) in [6.45, 7) is 3.91. The van der Waals surface area contributed by atoms with Crippen LogP contribution < -0.4 is 4.89 Å². The third-order valence-corrected chi connectivity index (χ3v) is 7.94. The Hall–Kier alpha value is -1.51. The molecule has 0 spiro atoms. The number of carbonyl (C=O) groups excluding carboxylic acids is 2. The molecule has 0 aromatic heterocycles. The molecular weight excluding hydrogens is 581 g/mol. The number of phosphoric ester groups is 1. The molecule has 0 N–H and O–H groups in total. The van der Waals surface area contributed by atoms with E-state index in [0.717, 1.165) is 38.5 Å². The van der Waals surface area contributed by atoms with Gasteiger partial charge in [-0.05, 0) is 44.9 Å². The first-order valence-corrected chi connectivity index (χ1v) is 18.5. The molecule has 0 aliphatic heterocycles. The van der Waals surface area contributed by atoms with Crippen LogP contribution in [0.3, 0.4) is 0 Å². The van der Waals surface area contributed by atoms with E-state index in [0.29, 0.717) is 23.9 Å². The van der Waals surface area contributed by atoms with Crippen molar-refractivity contribution in [1.29, 1.82) is 0 Å². The van der Waals surface area contributed by atoms with Gasteiger partial charge in [0.15, 0.2) is 6.10 Å². The normalized spacial score (nSPS) is 14.2. The minimum absolute atomic E-state index is 0.0328. The van der Waals surface area contributed by atoms with Crippen LogP contribution in [0.5, 0.6) is 0 Å². The SMILES string of the molecule is CCCCCC/C=C\C/C=C\CCCCCCCCCC(=O)OC(COC(=O)CCCC)COP(=O)([O-])OCC[N+](C)(C)C. The van der Waals surface area contributed by atoms with Crippen molar-refractivity contribution in [1.82, 2.24) is 0 Å². The van der Waals surface area contributed by atoms with Gasteiger partial charge in [-0.2, -0.15) is 0 Å². The van der Waals surface area contributed by atoms with Gasteiger partial charge in [0.25, 0.3) is 7.82 Å². The summed E-state index contributed by atoms with van der Waals surface area (Å²) in [5.74, 6) is -0.887. The lowest BCUT2D eigenvalue weighted by molar-refractivity contribution is -0.870. The number of quaternary nitrogens is 1. The first kappa shape index (κ1) is 42.5. The number of hydrogen-bond donors (Lipinski definition) is 0. The topological polar surface area (TPSA) is 111 Å². The standard InChI is InChI=1S/C34H64NO8P/c1-6-8-10-11-12-13-14-15-16-17-18-19-20-21-22-23-24-25-27-34(37)43-32(30-40-33(36)26-9-7-2)31-42-44(38,39)41-29-28-35(3,4)5/h13-14,16-17,32H,6-12,15,18-31H2,1-5H3/b14-13-,17-16-. The molecule has 0 saturated heterocycles. The van der Waals surface area contributed by atoms with Crippen molar-refractivity contribution in [3.63, 3.8) is 0 Å². The fourth-order valence-corrected chi connectivity index (χ4v) is 4.92. The number of unbranched alkanes of at least 4 members (excludes halogenated alkanes) is 12. The molecule has 0 amide bonds. The summed E-state index contributed by atoms with van der Waals surface area (Å²) in [5.41, 5.74) is 0. The highest BCUT2D eigenvalue weighted by Crippen LogP contribution is 2.38. The summed E-state index contributed by atoms with van der Waals surface area (Å²) in [4.78, 5) is 36.5. The smallest absolute Gasteiger partial charge is 0.306 e. The van der Waals surface area contributed by atoms with E-state index in [9.17, 15) is 19.0 Å². The fraction of sp³-hybridized carbons (Fsp3) is 0.824. The molecule has 0 fully saturated rings. The Kier molecular flexibility index (Phi) is 26.8. The zero-order chi connectivity index (χ0) is 32.9. The summed E-state index contributed by atoms with van der Waals surface area (Å²) in [6, 6.07) is 0. The third kappa shape index (κ3) is 30.5. The number of phosphoric acid groups is 1. The van der Waals surface area contributed by atoms with Gasteiger partial charge in [0, 0.05) is 12.8 Å². The van der Waals surface area contributed by atoms with Crippen LogP contribution in [0.1, 0.15) is 129 Å². The van der Waals surface area contributed by atoms with Crippen LogP contribution in [-0.4, -0.2) is 70.0 Å². The van der Waals surface area contributed by atoms with Crippen LogP contribution in [0.4, 0.5) is 0 Å². The molecule has 258 valence electrons. The summed E-state index contributed by atoms with van der Waals surface area (Å²) >= 11 is 0. The highest BCUT2D eigenvalue weighted by Gasteiger charge is 2.21. The van der Waals surface area contributed by atoms with E-state index >= 15 is 0 Å². The number of carbonyl (C=O) groups is 2. The predicted molar refractivity (Wildman–Crippen MR) is 176 cm³/mol. The molecule has 0 heterocycles. The molecule has 44 heavy (non-hydrogen) atoms. The molecule has 0 saturated carbocycles. The van der Waals surface area contributed by atoms with E-state index in [1.807, 2.05) is 28.1 Å². The van der Waals surface area contributed by atoms with Gasteiger partial charge in [0.1, 0.15) is 19.8 Å². The first-order valence-electron chi connectivity index (χ1n) is 17.0. The van der Waals surface area contributed by atoms with E-state index in [-0.39, 0.29) is 26.1 Å². The predicted octanol–water partition coefficient (Wildman–Crippen LogP) is 7.82. The average molecular weight is 646 g/mol. The zero-order valence-electron chi connectivity index (χ0n) is 28.6. The lowest BCUT2D eigenvalue weighted by Crippen LogP contribution is -2.37. The van der Waals surface area contributed by atoms with Crippen LogP contribution in [0.2, 0.25) is 0 Å². The molecule has 10 heteroatoms. The molecule has 0 aromatic rings. The van der Waals surface area contributed by atoms with Crippen molar-refractivity contribution >= 4 is 19.8 Å². The van der Waals surface area contributed by atoms with Crippen molar-refractivity contribution in [2.45, 2.75) is 136 Å². The quantitative estimate of drug-likeness (QED) is 0.0256. The Morgan fingerprint density at radius 2 is 1.25 bits per heavy atom. The van der Waals surface area contributed by atoms with Crippen molar-refractivity contribution in [2.24, 2.45) is 0 Å². The van der Waals surface area contributed by atoms with Crippen molar-refractivity contribution in [3.05, 3.63) is 24.3 Å². The number of esters is 2. The average Bonchev–Trinajstić information content (AvgIpc) is 2.96. The second-order valence-corrected chi connectivity index (χ2v) is 13.9. The first-order chi connectivity index (χ1) is 21.0. The molecule has 0 aliphatic carbocycles. The molecule has 0 aliphatic rings. The molecule has 2 unspecified atom stereocenters. The summed E-state index contributed by atoms with van der Waals surface area (Å²) < 4.78 is 33.2. The van der Waals surface area contributed by atoms with E-state index in [1.165, 1.54) is 51.4 Å². The molecule has 0 aromatic carbocycles. The van der Waals surface area contributed by atoms with Crippen LogP contribution in [-0.2, 0) is 32.7 Å². The molecule has 0 bridgehead atoms. The summed E-state index contributed by atoms with van der Waals surface area (Å²) in [6.07, 6.45) is 26.1. The van der Waals surface area contributed by atoms with Crippen LogP contribution in [0, 0.1) is 0 Å². The lowest BCUT2D eigenvalue weighted by atomic mass is 10.1. The molecule has 0 radical (unpaired) electrons. The lowest BCUT2D eigenvalue weighted by Gasteiger charge is -2.28. The van der Waals surface area contributed by atoms with Gasteiger partial charge in [0.05, 0.1) is 27.7 Å². The number of likely N-dealkylation sites (N-methyl/N-ethyl adjacent to an activating group) is 1. The Labute approximate surface area is 268 Å². The highest BCUT2D eigenvalue weighted by atomic mass is 31.2. The minimum Gasteiger partial charge on any atom is -0.756 e. The summed E-state index contributed by atoms with van der Waals surface area (Å²) in [7, 11) is 1.15. The van der Waals surface area contributed by atoms with Crippen molar-refractivity contribution in [3.8, 4) is 0 Å². The maximum Gasteiger partial charge on any atom is 0.306 e. The third-order valence-electron chi connectivity index (χ3n) is 6.97. The van der Waals surface area contributed by atoms with E-state index in [1.54, 1.807) is 0 Å². The van der Waals surface area contributed by atoms with Crippen LogP contribution >= 0.6 is 7.82 Å². The molecule has 0 rings (SSSR count). The maximum atomic E-state index is 12.4. The molecular formula is C34H64NO8P. The van der Waals surface area contributed by atoms with Crippen molar-refractivity contribution < 1.29 is 42.1 Å². The second-order valence-electron chi connectivity index (χ2n) is 12.5. The molecule has 9 nitrogen and oxygen atoms in total. The Morgan fingerprint density at radius 3 is 1.84 bits per heavy atom. The Bertz CT molecular complexity index is 825. The van der Waals surface area contributed by atoms with E-state index < -0.39 is 32.5 Å². The number of allylic oxidation sites excluding steroid dienone is 4. The van der Waals surface area contributed by atoms with Gasteiger partial charge in [-0.15, -0.1) is 0 Å².